The highest BCUT2D eigenvalue weighted by Crippen LogP contribution is 2.28. The molecule has 0 bridgehead atoms. The zero-order valence-electron chi connectivity index (χ0n) is 8.33. The molecule has 0 aromatic rings. The van der Waals surface area contributed by atoms with Gasteiger partial charge < -0.3 is 11.1 Å². The van der Waals surface area contributed by atoms with Gasteiger partial charge in [-0.25, -0.2) is 8.42 Å². The second-order valence-corrected chi connectivity index (χ2v) is 6.78. The maximum absolute atomic E-state index is 11.5. The summed E-state index contributed by atoms with van der Waals surface area (Å²) in [6.07, 6.45) is 3.99. The van der Waals surface area contributed by atoms with Crippen molar-refractivity contribution in [2.45, 2.75) is 37.3 Å². The molecule has 14 heavy (non-hydrogen) atoms. The van der Waals surface area contributed by atoms with Crippen LogP contribution < -0.4 is 11.1 Å². The van der Waals surface area contributed by atoms with Gasteiger partial charge in [0.2, 0.25) is 0 Å². The third-order valence-corrected chi connectivity index (χ3v) is 4.99. The fraction of sp³-hybridized carbons (Fsp3) is 1.00. The quantitative estimate of drug-likeness (QED) is 0.679. The fourth-order valence-electron chi connectivity index (χ4n) is 2.19. The summed E-state index contributed by atoms with van der Waals surface area (Å²) in [6.45, 7) is 0.433. The van der Waals surface area contributed by atoms with E-state index >= 15 is 0 Å². The van der Waals surface area contributed by atoms with Crippen molar-refractivity contribution in [3.8, 4) is 0 Å². The summed E-state index contributed by atoms with van der Waals surface area (Å²) in [5.74, 6) is 0.564. The topological polar surface area (TPSA) is 72.2 Å². The van der Waals surface area contributed by atoms with Crippen LogP contribution in [0, 0.1) is 0 Å². The molecule has 1 saturated carbocycles. The Hall–Kier alpha value is -0.130. The lowest BCUT2D eigenvalue weighted by atomic mass is 9.95. The molecule has 2 fully saturated rings. The molecule has 2 rings (SSSR count). The summed E-state index contributed by atoms with van der Waals surface area (Å²) in [5, 5.41) is 3.41. The van der Waals surface area contributed by atoms with Crippen molar-refractivity contribution in [3.63, 3.8) is 0 Å². The van der Waals surface area contributed by atoms with Crippen molar-refractivity contribution in [1.82, 2.24) is 5.32 Å². The van der Waals surface area contributed by atoms with Crippen molar-refractivity contribution in [2.75, 3.05) is 18.1 Å². The first kappa shape index (κ1) is 10.4. The van der Waals surface area contributed by atoms with Crippen LogP contribution in [0.2, 0.25) is 0 Å². The molecule has 0 radical (unpaired) electrons. The van der Waals surface area contributed by atoms with Crippen LogP contribution in [0.3, 0.4) is 0 Å². The normalized spacial score (nSPS) is 36.9. The standard InChI is InChI=1S/C9H18N2O2S/c10-6-9(11-8-2-3-8)4-1-5-14(12,13)7-9/h8,11H,1-7,10H2. The Morgan fingerprint density at radius 3 is 2.64 bits per heavy atom. The number of nitrogens with one attached hydrogen (secondary N) is 1. The third-order valence-electron chi connectivity index (χ3n) is 3.09. The van der Waals surface area contributed by atoms with Crippen LogP contribution in [0.4, 0.5) is 0 Å². The van der Waals surface area contributed by atoms with Crippen LogP contribution in [-0.4, -0.2) is 38.0 Å². The molecule has 1 aliphatic carbocycles. The lowest BCUT2D eigenvalue weighted by molar-refractivity contribution is 0.324. The zero-order valence-corrected chi connectivity index (χ0v) is 9.15. The van der Waals surface area contributed by atoms with E-state index in [1.54, 1.807) is 0 Å². The smallest absolute Gasteiger partial charge is 0.152 e. The largest absolute Gasteiger partial charge is 0.329 e. The second kappa shape index (κ2) is 3.47. The lowest BCUT2D eigenvalue weighted by Crippen LogP contribution is -2.59. The molecule has 1 saturated heterocycles. The average Bonchev–Trinajstić information content (AvgIpc) is 2.86. The maximum atomic E-state index is 11.5. The van der Waals surface area contributed by atoms with E-state index in [0.717, 1.165) is 12.8 Å². The summed E-state index contributed by atoms with van der Waals surface area (Å²) in [6, 6.07) is 0.520. The van der Waals surface area contributed by atoms with Crippen molar-refractivity contribution in [2.24, 2.45) is 5.73 Å². The minimum atomic E-state index is -2.86. The van der Waals surface area contributed by atoms with Gasteiger partial charge in [0.25, 0.3) is 0 Å². The van der Waals surface area contributed by atoms with Crippen LogP contribution in [-0.2, 0) is 9.84 Å². The molecule has 1 atom stereocenters. The SMILES string of the molecule is NCC1(NC2CC2)CCCS(=O)(=O)C1. The van der Waals surface area contributed by atoms with E-state index in [1.807, 2.05) is 0 Å². The summed E-state index contributed by atoms with van der Waals surface area (Å²) < 4.78 is 23.1. The average molecular weight is 218 g/mol. The Balaban J connectivity index is 2.09. The number of nitrogens with two attached hydrogens (primary N) is 1. The molecule has 0 aromatic heterocycles. The van der Waals surface area contributed by atoms with E-state index in [0.29, 0.717) is 18.3 Å². The van der Waals surface area contributed by atoms with Gasteiger partial charge in [-0.05, 0) is 25.7 Å². The van der Waals surface area contributed by atoms with Gasteiger partial charge in [-0.3, -0.25) is 0 Å². The van der Waals surface area contributed by atoms with E-state index in [4.69, 9.17) is 5.73 Å². The molecule has 1 unspecified atom stereocenters. The number of sulfone groups is 1. The van der Waals surface area contributed by atoms with Crippen molar-refractivity contribution in [3.05, 3.63) is 0 Å². The Bertz CT molecular complexity index is 311. The molecular formula is C9H18N2O2S. The van der Waals surface area contributed by atoms with Gasteiger partial charge in [-0.1, -0.05) is 0 Å². The van der Waals surface area contributed by atoms with Crippen LogP contribution in [0.5, 0.6) is 0 Å². The van der Waals surface area contributed by atoms with Crippen LogP contribution in [0.15, 0.2) is 0 Å². The molecule has 0 aromatic carbocycles. The molecule has 0 amide bonds. The molecule has 4 nitrogen and oxygen atoms in total. The Labute approximate surface area is 85.2 Å². The van der Waals surface area contributed by atoms with Crippen molar-refractivity contribution < 1.29 is 8.42 Å². The summed E-state index contributed by atoms with van der Waals surface area (Å²) in [5.41, 5.74) is 5.39. The van der Waals surface area contributed by atoms with Crippen molar-refractivity contribution in [1.29, 1.82) is 0 Å². The maximum Gasteiger partial charge on any atom is 0.152 e. The monoisotopic (exact) mass is 218 g/mol. The van der Waals surface area contributed by atoms with Gasteiger partial charge in [0.05, 0.1) is 11.5 Å². The van der Waals surface area contributed by atoms with Gasteiger partial charge in [-0.2, -0.15) is 0 Å². The zero-order chi connectivity index (χ0) is 10.2. The third kappa shape index (κ3) is 2.27. The van der Waals surface area contributed by atoms with E-state index in [1.165, 1.54) is 12.8 Å². The Kier molecular flexibility index (Phi) is 2.57. The summed E-state index contributed by atoms with van der Waals surface area (Å²) in [4.78, 5) is 0. The highest BCUT2D eigenvalue weighted by Gasteiger charge is 2.41. The molecular weight excluding hydrogens is 200 g/mol. The number of hydrogen-bond donors (Lipinski definition) is 2. The Morgan fingerprint density at radius 1 is 1.43 bits per heavy atom. The van der Waals surface area contributed by atoms with Crippen LogP contribution in [0.25, 0.3) is 0 Å². The minimum Gasteiger partial charge on any atom is -0.329 e. The molecule has 3 N–H and O–H groups in total. The molecule has 2 aliphatic rings. The first-order valence-electron chi connectivity index (χ1n) is 5.23. The van der Waals surface area contributed by atoms with Crippen molar-refractivity contribution >= 4 is 9.84 Å². The summed E-state index contributed by atoms with van der Waals surface area (Å²) >= 11 is 0. The summed E-state index contributed by atoms with van der Waals surface area (Å²) in [7, 11) is -2.86. The first-order chi connectivity index (χ1) is 6.55. The number of rotatable bonds is 3. The number of hydrogen-bond acceptors (Lipinski definition) is 4. The highest BCUT2D eigenvalue weighted by atomic mass is 32.2. The van der Waals surface area contributed by atoms with E-state index in [2.05, 4.69) is 5.32 Å². The highest BCUT2D eigenvalue weighted by molar-refractivity contribution is 7.91. The molecule has 5 heteroatoms. The molecule has 82 valence electrons. The van der Waals surface area contributed by atoms with Gasteiger partial charge >= 0.3 is 0 Å². The van der Waals surface area contributed by atoms with Crippen LogP contribution >= 0.6 is 0 Å². The predicted octanol–water partition coefficient (Wildman–Crippen LogP) is -0.356. The lowest BCUT2D eigenvalue weighted by Gasteiger charge is -2.37. The predicted molar refractivity (Wildman–Crippen MR) is 55.8 cm³/mol. The van der Waals surface area contributed by atoms with Gasteiger partial charge in [-0.15, -0.1) is 0 Å². The van der Waals surface area contributed by atoms with Gasteiger partial charge in [0, 0.05) is 18.1 Å². The first-order valence-corrected chi connectivity index (χ1v) is 7.06. The molecule has 1 aliphatic heterocycles. The Morgan fingerprint density at radius 2 is 2.14 bits per heavy atom. The van der Waals surface area contributed by atoms with Crippen LogP contribution in [0.1, 0.15) is 25.7 Å². The molecule has 0 spiro atoms. The van der Waals surface area contributed by atoms with E-state index < -0.39 is 9.84 Å². The van der Waals surface area contributed by atoms with Gasteiger partial charge in [0.15, 0.2) is 9.84 Å². The fourth-order valence-corrected chi connectivity index (χ4v) is 4.11. The van der Waals surface area contributed by atoms with E-state index in [-0.39, 0.29) is 11.3 Å². The van der Waals surface area contributed by atoms with E-state index in [9.17, 15) is 8.42 Å². The second-order valence-electron chi connectivity index (χ2n) is 4.60. The minimum absolute atomic E-state index is 0.229. The van der Waals surface area contributed by atoms with Gasteiger partial charge in [0.1, 0.15) is 0 Å². The molecule has 1 heterocycles.